The Morgan fingerprint density at radius 1 is 0.789 bits per heavy atom. The molecule has 0 aliphatic heterocycles. The molecular formula is C16H11N3. The van der Waals surface area contributed by atoms with E-state index in [2.05, 4.69) is 57.9 Å². The molecule has 1 aromatic heterocycles. The van der Waals surface area contributed by atoms with Gasteiger partial charge in [0.25, 0.3) is 0 Å². The summed E-state index contributed by atoms with van der Waals surface area (Å²) in [4.78, 5) is 0. The maximum absolute atomic E-state index is 4.13. The van der Waals surface area contributed by atoms with Crippen molar-refractivity contribution in [1.29, 1.82) is 0 Å². The lowest BCUT2D eigenvalue weighted by Crippen LogP contribution is -1.93. The van der Waals surface area contributed by atoms with E-state index in [1.165, 1.54) is 22.3 Å². The second kappa shape index (κ2) is 3.99. The Kier molecular flexibility index (Phi) is 2.18. The van der Waals surface area contributed by atoms with E-state index in [-0.39, 0.29) is 0 Å². The van der Waals surface area contributed by atoms with Gasteiger partial charge >= 0.3 is 0 Å². The molecule has 19 heavy (non-hydrogen) atoms. The highest BCUT2D eigenvalue weighted by Gasteiger charge is 2.21. The van der Waals surface area contributed by atoms with Gasteiger partial charge in [0.05, 0.1) is 11.9 Å². The van der Waals surface area contributed by atoms with Gasteiger partial charge in [-0.3, -0.25) is 0 Å². The Hall–Kier alpha value is -2.55. The maximum atomic E-state index is 4.13. The van der Waals surface area contributed by atoms with Crippen molar-refractivity contribution in [2.75, 3.05) is 0 Å². The van der Waals surface area contributed by atoms with Crippen molar-refractivity contribution in [1.82, 2.24) is 15.4 Å². The summed E-state index contributed by atoms with van der Waals surface area (Å²) >= 11 is 0. The molecule has 0 amide bonds. The van der Waals surface area contributed by atoms with Gasteiger partial charge in [-0.05, 0) is 40.0 Å². The molecule has 0 spiro atoms. The molecule has 0 saturated carbocycles. The molecule has 0 saturated heterocycles. The van der Waals surface area contributed by atoms with E-state index in [1.54, 1.807) is 6.20 Å². The van der Waals surface area contributed by atoms with Crippen LogP contribution in [0.2, 0.25) is 0 Å². The van der Waals surface area contributed by atoms with Crippen LogP contribution in [0.15, 0.2) is 54.7 Å². The fraction of sp³-hybridized carbons (Fsp3) is 0.0625. The summed E-state index contributed by atoms with van der Waals surface area (Å²) < 4.78 is 0. The minimum absolute atomic E-state index is 0.889. The Bertz CT molecular complexity index is 751. The van der Waals surface area contributed by atoms with E-state index < -0.39 is 0 Å². The van der Waals surface area contributed by atoms with Crippen LogP contribution < -0.4 is 0 Å². The second-order valence-electron chi connectivity index (χ2n) is 4.67. The number of benzene rings is 2. The molecule has 1 heterocycles. The maximum Gasteiger partial charge on any atom is 0.0966 e. The number of fused-ring (bicyclic) bond motifs is 3. The van der Waals surface area contributed by atoms with Crippen molar-refractivity contribution >= 4 is 0 Å². The predicted molar refractivity (Wildman–Crippen MR) is 73.5 cm³/mol. The number of nitrogens with zero attached hydrogens (tertiary/aromatic N) is 3. The average molecular weight is 245 g/mol. The first kappa shape index (κ1) is 10.4. The van der Waals surface area contributed by atoms with E-state index in [0.717, 1.165) is 17.7 Å². The molecule has 1 aliphatic carbocycles. The molecular weight excluding hydrogens is 234 g/mol. The number of rotatable bonds is 1. The van der Waals surface area contributed by atoms with Crippen LogP contribution in [-0.4, -0.2) is 15.4 Å². The van der Waals surface area contributed by atoms with Gasteiger partial charge in [-0.1, -0.05) is 42.5 Å². The summed E-state index contributed by atoms with van der Waals surface area (Å²) in [5.74, 6) is 0. The van der Waals surface area contributed by atoms with Crippen LogP contribution in [0.4, 0.5) is 0 Å². The van der Waals surface area contributed by atoms with Gasteiger partial charge in [0, 0.05) is 5.56 Å². The van der Waals surface area contributed by atoms with Crippen molar-refractivity contribution in [2.24, 2.45) is 0 Å². The fourth-order valence-corrected chi connectivity index (χ4v) is 2.78. The van der Waals surface area contributed by atoms with Crippen molar-refractivity contribution in [3.63, 3.8) is 0 Å². The monoisotopic (exact) mass is 245 g/mol. The van der Waals surface area contributed by atoms with Crippen molar-refractivity contribution < 1.29 is 0 Å². The van der Waals surface area contributed by atoms with E-state index in [4.69, 9.17) is 0 Å². The molecule has 0 N–H and O–H groups in total. The van der Waals surface area contributed by atoms with Crippen LogP contribution >= 0.6 is 0 Å². The molecule has 3 heteroatoms. The van der Waals surface area contributed by atoms with Crippen LogP contribution in [0.1, 0.15) is 11.1 Å². The topological polar surface area (TPSA) is 38.7 Å². The van der Waals surface area contributed by atoms with E-state index in [9.17, 15) is 0 Å². The quantitative estimate of drug-likeness (QED) is 0.517. The summed E-state index contributed by atoms with van der Waals surface area (Å²) in [6.07, 6.45) is 2.65. The molecule has 1 aliphatic rings. The van der Waals surface area contributed by atoms with E-state index in [0.29, 0.717) is 0 Å². The lowest BCUT2D eigenvalue weighted by atomic mass is 9.99. The van der Waals surface area contributed by atoms with Gasteiger partial charge in [-0.25, -0.2) is 0 Å². The highest BCUT2D eigenvalue weighted by Crippen LogP contribution is 2.40. The normalized spacial score (nSPS) is 12.0. The summed E-state index contributed by atoms with van der Waals surface area (Å²) in [6.45, 7) is 0. The third-order valence-corrected chi connectivity index (χ3v) is 3.63. The first-order valence-corrected chi connectivity index (χ1v) is 6.28. The van der Waals surface area contributed by atoms with Gasteiger partial charge in [0.15, 0.2) is 0 Å². The lowest BCUT2D eigenvalue weighted by molar-refractivity contribution is 0.870. The molecule has 4 rings (SSSR count). The van der Waals surface area contributed by atoms with Gasteiger partial charge in [0.1, 0.15) is 0 Å². The molecule has 3 aromatic rings. The molecule has 90 valence electrons. The smallest absolute Gasteiger partial charge is 0.0966 e. The van der Waals surface area contributed by atoms with Crippen LogP contribution in [0.5, 0.6) is 0 Å². The predicted octanol–water partition coefficient (Wildman–Crippen LogP) is 3.11. The molecule has 0 bridgehead atoms. The molecule has 0 fully saturated rings. The summed E-state index contributed by atoms with van der Waals surface area (Å²) in [5, 5.41) is 11.6. The van der Waals surface area contributed by atoms with Crippen LogP contribution in [0, 0.1) is 0 Å². The van der Waals surface area contributed by atoms with Gasteiger partial charge in [-0.15, -0.1) is 10.2 Å². The Balaban J connectivity index is 1.95. The zero-order chi connectivity index (χ0) is 12.7. The summed E-state index contributed by atoms with van der Waals surface area (Å²) in [7, 11) is 0. The Morgan fingerprint density at radius 2 is 1.63 bits per heavy atom. The second-order valence-corrected chi connectivity index (χ2v) is 4.67. The van der Waals surface area contributed by atoms with Crippen LogP contribution in [0.3, 0.4) is 0 Å². The van der Waals surface area contributed by atoms with Gasteiger partial charge in [-0.2, -0.15) is 0 Å². The van der Waals surface area contributed by atoms with E-state index >= 15 is 0 Å². The largest absolute Gasteiger partial charge is 0.139 e. The van der Waals surface area contributed by atoms with Crippen molar-refractivity contribution in [3.05, 3.63) is 65.9 Å². The minimum atomic E-state index is 0.889. The Morgan fingerprint density at radius 3 is 2.53 bits per heavy atom. The summed E-state index contributed by atoms with van der Waals surface area (Å²) in [5.41, 5.74) is 7.41. The van der Waals surface area contributed by atoms with Crippen LogP contribution in [0.25, 0.3) is 22.4 Å². The third kappa shape index (κ3) is 1.55. The van der Waals surface area contributed by atoms with Gasteiger partial charge in [0.2, 0.25) is 0 Å². The van der Waals surface area contributed by atoms with Gasteiger partial charge < -0.3 is 0 Å². The SMILES string of the molecule is c1ccc2c(c1)Cc1c(-c3ccnnn3)cccc1-2. The van der Waals surface area contributed by atoms with Crippen molar-refractivity contribution in [2.45, 2.75) is 6.42 Å². The summed E-state index contributed by atoms with van der Waals surface area (Å²) in [6, 6.07) is 16.8. The van der Waals surface area contributed by atoms with Crippen LogP contribution in [-0.2, 0) is 6.42 Å². The number of hydrogen-bond acceptors (Lipinski definition) is 3. The molecule has 0 radical (unpaired) electrons. The fourth-order valence-electron chi connectivity index (χ4n) is 2.78. The molecule has 3 nitrogen and oxygen atoms in total. The third-order valence-electron chi connectivity index (χ3n) is 3.63. The molecule has 2 aromatic carbocycles. The first-order valence-electron chi connectivity index (χ1n) is 6.28. The zero-order valence-corrected chi connectivity index (χ0v) is 10.2. The minimum Gasteiger partial charge on any atom is -0.139 e. The highest BCUT2D eigenvalue weighted by molar-refractivity contribution is 5.83. The Labute approximate surface area is 111 Å². The number of aromatic nitrogens is 3. The molecule has 0 unspecified atom stereocenters. The lowest BCUT2D eigenvalue weighted by Gasteiger charge is -2.06. The van der Waals surface area contributed by atoms with Crippen molar-refractivity contribution in [3.8, 4) is 22.4 Å². The highest BCUT2D eigenvalue weighted by atomic mass is 15.3. The zero-order valence-electron chi connectivity index (χ0n) is 10.2. The number of hydrogen-bond donors (Lipinski definition) is 0. The standard InChI is InChI=1S/C16H11N3/c1-2-5-12-11(4-1)10-15-13(12)6-3-7-14(15)16-8-9-17-19-18-16/h1-9H,10H2. The van der Waals surface area contributed by atoms with E-state index in [1.807, 2.05) is 6.07 Å². The average Bonchev–Trinajstić information content (AvgIpc) is 2.87. The molecule has 0 atom stereocenters. The first-order chi connectivity index (χ1) is 9.43.